The Labute approximate surface area is 189 Å². The van der Waals surface area contributed by atoms with E-state index in [1.54, 1.807) is 24.2 Å². The third kappa shape index (κ3) is 3.05. The number of Topliss-reactive ketones (excluding diaryl/α,β-unsaturated/α-hetero) is 1. The number of furan rings is 1. The minimum absolute atomic E-state index is 0.0553. The van der Waals surface area contributed by atoms with Crippen molar-refractivity contribution in [3.63, 3.8) is 0 Å². The summed E-state index contributed by atoms with van der Waals surface area (Å²) in [5.74, 6) is 2.49. The number of fused-ring (bicyclic) bond motifs is 3. The van der Waals surface area contributed by atoms with Crippen LogP contribution in [-0.4, -0.2) is 32.5 Å². The van der Waals surface area contributed by atoms with E-state index in [4.69, 9.17) is 18.9 Å². The zero-order valence-corrected chi connectivity index (χ0v) is 18.5. The Morgan fingerprint density at radius 1 is 1.15 bits per heavy atom. The Hall–Kier alpha value is -3.94. The van der Waals surface area contributed by atoms with Gasteiger partial charge in [0.05, 0.1) is 30.4 Å². The number of hydrogen-bond donors (Lipinski definition) is 0. The summed E-state index contributed by atoms with van der Waals surface area (Å²) in [4.78, 5) is 22.7. The molecule has 8 nitrogen and oxygen atoms in total. The fourth-order valence-electron chi connectivity index (χ4n) is 4.83. The average molecular weight is 442 g/mol. The first-order chi connectivity index (χ1) is 15.9. The van der Waals surface area contributed by atoms with Crippen molar-refractivity contribution < 1.29 is 18.7 Å². The maximum atomic E-state index is 13.3. The van der Waals surface area contributed by atoms with Crippen LogP contribution >= 0.6 is 0 Å². The Morgan fingerprint density at radius 2 is 2.00 bits per heavy atom. The molecule has 1 atom stereocenters. The standard InChI is InChI=1S/C25H22N4O4/c1-25(2)11-15(30)19-18(12-25)33-24-21(20(19)17-9-6-10-32-17)23-27-22(28-29(23)13-26-24)14-7-4-5-8-16(14)31-3/h4-10,13,20H,11-12H2,1-3H3/t20-/m0/s1. The summed E-state index contributed by atoms with van der Waals surface area (Å²) in [5, 5.41) is 4.64. The molecule has 4 aromatic rings. The molecule has 0 radical (unpaired) electrons. The SMILES string of the molecule is COc1ccccc1-c1nc2c3c(ncn2n1)OC1=C(C(=O)CC(C)(C)C1)[C@@H]3c1ccco1. The number of hydrogen-bond acceptors (Lipinski definition) is 7. The molecule has 0 amide bonds. The first kappa shape index (κ1) is 19.7. The maximum absolute atomic E-state index is 13.3. The van der Waals surface area contributed by atoms with E-state index in [-0.39, 0.29) is 11.2 Å². The second-order valence-corrected chi connectivity index (χ2v) is 9.20. The van der Waals surface area contributed by atoms with Gasteiger partial charge in [0, 0.05) is 18.4 Å². The van der Waals surface area contributed by atoms with Gasteiger partial charge in [0.1, 0.15) is 23.6 Å². The molecular formula is C25H22N4O4. The highest BCUT2D eigenvalue weighted by Crippen LogP contribution is 2.50. The van der Waals surface area contributed by atoms with Crippen molar-refractivity contribution in [2.24, 2.45) is 5.41 Å². The quantitative estimate of drug-likeness (QED) is 0.459. The number of carbonyl (C=O) groups excluding carboxylic acids is 1. The van der Waals surface area contributed by atoms with Crippen LogP contribution in [-0.2, 0) is 4.79 Å². The molecule has 3 aromatic heterocycles. The number of methoxy groups -OCH3 is 1. The minimum Gasteiger partial charge on any atom is -0.496 e. The number of ketones is 1. The number of ether oxygens (including phenoxy) is 2. The van der Waals surface area contributed by atoms with Crippen molar-refractivity contribution in [1.82, 2.24) is 19.6 Å². The maximum Gasteiger partial charge on any atom is 0.228 e. The lowest BCUT2D eigenvalue weighted by atomic mass is 9.71. The summed E-state index contributed by atoms with van der Waals surface area (Å²) in [5.41, 5.74) is 2.43. The van der Waals surface area contributed by atoms with Crippen molar-refractivity contribution in [2.45, 2.75) is 32.6 Å². The smallest absolute Gasteiger partial charge is 0.228 e. The van der Waals surface area contributed by atoms with Gasteiger partial charge in [-0.1, -0.05) is 26.0 Å². The number of rotatable bonds is 3. The molecule has 1 aliphatic carbocycles. The van der Waals surface area contributed by atoms with Gasteiger partial charge in [-0.3, -0.25) is 4.79 Å². The van der Waals surface area contributed by atoms with Gasteiger partial charge in [-0.2, -0.15) is 0 Å². The van der Waals surface area contributed by atoms with E-state index < -0.39 is 5.92 Å². The van der Waals surface area contributed by atoms with Crippen LogP contribution in [0.3, 0.4) is 0 Å². The second-order valence-electron chi connectivity index (χ2n) is 9.20. The first-order valence-corrected chi connectivity index (χ1v) is 10.8. The molecule has 1 aromatic carbocycles. The molecule has 166 valence electrons. The molecule has 6 rings (SSSR count). The van der Waals surface area contributed by atoms with E-state index in [9.17, 15) is 4.79 Å². The predicted octanol–water partition coefficient (Wildman–Crippen LogP) is 4.56. The fraction of sp³-hybridized carbons (Fsp3) is 0.280. The number of benzene rings is 1. The van der Waals surface area contributed by atoms with Gasteiger partial charge >= 0.3 is 0 Å². The lowest BCUT2D eigenvalue weighted by Crippen LogP contribution is -2.33. The molecule has 0 spiro atoms. The van der Waals surface area contributed by atoms with Gasteiger partial charge in [0.25, 0.3) is 0 Å². The summed E-state index contributed by atoms with van der Waals surface area (Å²) >= 11 is 0. The van der Waals surface area contributed by atoms with E-state index in [0.29, 0.717) is 58.6 Å². The lowest BCUT2D eigenvalue weighted by molar-refractivity contribution is -0.118. The van der Waals surface area contributed by atoms with E-state index in [1.807, 2.05) is 36.4 Å². The minimum atomic E-state index is -0.465. The zero-order chi connectivity index (χ0) is 22.7. The molecule has 0 N–H and O–H groups in total. The van der Waals surface area contributed by atoms with Crippen molar-refractivity contribution in [1.29, 1.82) is 0 Å². The third-order valence-corrected chi connectivity index (χ3v) is 6.24. The summed E-state index contributed by atoms with van der Waals surface area (Å²) in [7, 11) is 1.61. The van der Waals surface area contributed by atoms with Crippen LogP contribution in [0.15, 0.2) is 64.7 Å². The van der Waals surface area contributed by atoms with Gasteiger partial charge in [0.2, 0.25) is 5.88 Å². The Bertz CT molecular complexity index is 1430. The molecule has 1 aliphatic heterocycles. The van der Waals surface area contributed by atoms with Crippen LogP contribution in [0, 0.1) is 5.41 Å². The van der Waals surface area contributed by atoms with Gasteiger partial charge in [-0.15, -0.1) is 5.10 Å². The van der Waals surface area contributed by atoms with Crippen molar-refractivity contribution in [2.75, 3.05) is 7.11 Å². The van der Waals surface area contributed by atoms with Crippen LogP contribution in [0.25, 0.3) is 17.0 Å². The number of aromatic nitrogens is 4. The Morgan fingerprint density at radius 3 is 2.79 bits per heavy atom. The molecule has 0 fully saturated rings. The van der Waals surface area contributed by atoms with Gasteiger partial charge in [-0.05, 0) is 29.7 Å². The van der Waals surface area contributed by atoms with Crippen LogP contribution in [0.4, 0.5) is 0 Å². The lowest BCUT2D eigenvalue weighted by Gasteiger charge is -2.36. The molecule has 8 heteroatoms. The molecule has 2 aliphatic rings. The van der Waals surface area contributed by atoms with Crippen LogP contribution < -0.4 is 9.47 Å². The predicted molar refractivity (Wildman–Crippen MR) is 119 cm³/mol. The van der Waals surface area contributed by atoms with Crippen molar-refractivity contribution in [3.05, 3.63) is 71.6 Å². The van der Waals surface area contributed by atoms with Gasteiger partial charge < -0.3 is 13.9 Å². The van der Waals surface area contributed by atoms with E-state index in [1.165, 1.54) is 0 Å². The fourth-order valence-corrected chi connectivity index (χ4v) is 4.83. The Kier molecular flexibility index (Phi) is 4.20. The highest BCUT2D eigenvalue weighted by atomic mass is 16.5. The number of nitrogens with zero attached hydrogens (tertiary/aromatic N) is 4. The topological polar surface area (TPSA) is 91.8 Å². The molecule has 0 unspecified atom stereocenters. The summed E-state index contributed by atoms with van der Waals surface area (Å²) < 4.78 is 19.2. The van der Waals surface area contributed by atoms with E-state index >= 15 is 0 Å². The molecule has 0 saturated carbocycles. The summed E-state index contributed by atoms with van der Waals surface area (Å²) in [6.07, 6.45) is 4.29. The van der Waals surface area contributed by atoms with Crippen LogP contribution in [0.5, 0.6) is 11.6 Å². The van der Waals surface area contributed by atoms with E-state index in [0.717, 1.165) is 5.56 Å². The monoisotopic (exact) mass is 442 g/mol. The zero-order valence-electron chi connectivity index (χ0n) is 18.5. The average Bonchev–Trinajstić information content (AvgIpc) is 3.46. The normalized spacial score (nSPS) is 19.2. The second kappa shape index (κ2) is 7.03. The highest BCUT2D eigenvalue weighted by Gasteiger charge is 2.45. The van der Waals surface area contributed by atoms with E-state index in [2.05, 4.69) is 23.9 Å². The van der Waals surface area contributed by atoms with Gasteiger partial charge in [-0.25, -0.2) is 14.5 Å². The highest BCUT2D eigenvalue weighted by molar-refractivity contribution is 6.00. The summed E-state index contributed by atoms with van der Waals surface area (Å²) in [6.45, 7) is 4.15. The molecule has 33 heavy (non-hydrogen) atoms. The number of para-hydroxylation sites is 1. The van der Waals surface area contributed by atoms with Crippen LogP contribution in [0.1, 0.15) is 43.9 Å². The third-order valence-electron chi connectivity index (χ3n) is 6.24. The van der Waals surface area contributed by atoms with Crippen LogP contribution in [0.2, 0.25) is 0 Å². The summed E-state index contributed by atoms with van der Waals surface area (Å²) in [6, 6.07) is 11.3. The largest absolute Gasteiger partial charge is 0.496 e. The van der Waals surface area contributed by atoms with Crippen molar-refractivity contribution in [3.8, 4) is 23.0 Å². The first-order valence-electron chi connectivity index (χ1n) is 10.8. The van der Waals surface area contributed by atoms with Crippen molar-refractivity contribution >= 4 is 11.4 Å². The number of carbonyl (C=O) groups is 1. The molecular weight excluding hydrogens is 420 g/mol. The Balaban J connectivity index is 1.59. The molecule has 0 saturated heterocycles. The molecule has 0 bridgehead atoms. The molecule has 4 heterocycles. The van der Waals surface area contributed by atoms with Gasteiger partial charge in [0.15, 0.2) is 17.3 Å². The number of allylic oxidation sites excluding steroid dienone is 2.